The number of ether oxygens (including phenoxy) is 3. The minimum Gasteiger partial charge on any atom is -0.497 e. The van der Waals surface area contributed by atoms with Crippen molar-refractivity contribution in [2.45, 2.75) is 13.0 Å². The first kappa shape index (κ1) is 19.5. The van der Waals surface area contributed by atoms with E-state index in [2.05, 4.69) is 5.32 Å². The van der Waals surface area contributed by atoms with Crippen LogP contribution in [0.2, 0.25) is 15.1 Å². The lowest BCUT2D eigenvalue weighted by Crippen LogP contribution is -2.30. The number of carbonyl (C=O) groups is 1. The summed E-state index contributed by atoms with van der Waals surface area (Å²) >= 11 is 17.9. The zero-order chi connectivity index (χ0) is 18.6. The van der Waals surface area contributed by atoms with E-state index in [1.54, 1.807) is 25.1 Å². The second kappa shape index (κ2) is 8.52. The van der Waals surface area contributed by atoms with E-state index in [0.717, 1.165) is 0 Å². The van der Waals surface area contributed by atoms with E-state index in [4.69, 9.17) is 49.0 Å². The van der Waals surface area contributed by atoms with Gasteiger partial charge in [0.1, 0.15) is 17.2 Å². The number of anilines is 1. The van der Waals surface area contributed by atoms with Crippen LogP contribution >= 0.6 is 34.8 Å². The third-order valence-corrected chi connectivity index (χ3v) is 4.33. The highest BCUT2D eigenvalue weighted by atomic mass is 35.5. The molecule has 0 heterocycles. The summed E-state index contributed by atoms with van der Waals surface area (Å²) in [6.07, 6.45) is -0.842. The van der Waals surface area contributed by atoms with Crippen LogP contribution in [-0.4, -0.2) is 26.2 Å². The number of amides is 1. The number of rotatable bonds is 6. The van der Waals surface area contributed by atoms with Gasteiger partial charge >= 0.3 is 0 Å². The Kier molecular flexibility index (Phi) is 6.64. The Bertz CT molecular complexity index is 783. The van der Waals surface area contributed by atoms with Crippen LogP contribution in [0.3, 0.4) is 0 Å². The van der Waals surface area contributed by atoms with Crippen molar-refractivity contribution in [2.75, 3.05) is 19.5 Å². The second-order valence-electron chi connectivity index (χ2n) is 5.01. The zero-order valence-corrected chi connectivity index (χ0v) is 16.0. The van der Waals surface area contributed by atoms with E-state index >= 15 is 0 Å². The van der Waals surface area contributed by atoms with Gasteiger partial charge in [0.05, 0.1) is 35.0 Å². The number of benzene rings is 2. The Morgan fingerprint density at radius 3 is 2.28 bits per heavy atom. The first-order valence-electron chi connectivity index (χ1n) is 7.19. The minimum atomic E-state index is -0.842. The quantitative estimate of drug-likeness (QED) is 0.683. The lowest BCUT2D eigenvalue weighted by atomic mass is 10.2. The molecule has 2 aromatic carbocycles. The van der Waals surface area contributed by atoms with Crippen LogP contribution in [0.15, 0.2) is 30.3 Å². The molecule has 8 heteroatoms. The highest BCUT2D eigenvalue weighted by Gasteiger charge is 2.19. The normalized spacial score (nSPS) is 11.6. The van der Waals surface area contributed by atoms with Crippen LogP contribution in [-0.2, 0) is 4.79 Å². The van der Waals surface area contributed by atoms with E-state index in [1.165, 1.54) is 26.4 Å². The summed E-state index contributed by atoms with van der Waals surface area (Å²) in [5.41, 5.74) is 0.461. The number of hydrogen-bond donors (Lipinski definition) is 1. The molecule has 0 unspecified atom stereocenters. The molecule has 0 bridgehead atoms. The van der Waals surface area contributed by atoms with E-state index in [9.17, 15) is 4.79 Å². The largest absolute Gasteiger partial charge is 0.497 e. The molecule has 1 amide bonds. The van der Waals surface area contributed by atoms with Crippen LogP contribution in [0, 0.1) is 0 Å². The van der Waals surface area contributed by atoms with Crippen molar-refractivity contribution in [3.63, 3.8) is 0 Å². The summed E-state index contributed by atoms with van der Waals surface area (Å²) in [6, 6.07) is 7.98. The van der Waals surface area contributed by atoms with Crippen molar-refractivity contribution in [3.8, 4) is 17.2 Å². The maximum Gasteiger partial charge on any atom is 0.265 e. The summed E-state index contributed by atoms with van der Waals surface area (Å²) in [4.78, 5) is 12.4. The molecule has 0 aromatic heterocycles. The van der Waals surface area contributed by atoms with Gasteiger partial charge in [0.2, 0.25) is 0 Å². The minimum absolute atomic E-state index is 0.257. The molecule has 0 spiro atoms. The van der Waals surface area contributed by atoms with Crippen molar-refractivity contribution in [1.82, 2.24) is 0 Å². The molecular weight excluding hydrogens is 389 g/mol. The van der Waals surface area contributed by atoms with Gasteiger partial charge in [-0.05, 0) is 25.1 Å². The lowest BCUT2D eigenvalue weighted by Gasteiger charge is -2.17. The molecule has 0 aliphatic carbocycles. The van der Waals surface area contributed by atoms with Gasteiger partial charge in [-0.1, -0.05) is 34.8 Å². The van der Waals surface area contributed by atoms with Gasteiger partial charge in [0, 0.05) is 12.1 Å². The number of methoxy groups -OCH3 is 2. The first-order chi connectivity index (χ1) is 11.8. The smallest absolute Gasteiger partial charge is 0.265 e. The van der Waals surface area contributed by atoms with Gasteiger partial charge in [-0.25, -0.2) is 0 Å². The fourth-order valence-electron chi connectivity index (χ4n) is 1.98. The lowest BCUT2D eigenvalue weighted by molar-refractivity contribution is -0.122. The number of carbonyl (C=O) groups excluding carboxylic acids is 1. The molecule has 1 atom stereocenters. The van der Waals surface area contributed by atoms with E-state index in [-0.39, 0.29) is 15.8 Å². The Morgan fingerprint density at radius 2 is 1.64 bits per heavy atom. The summed E-state index contributed by atoms with van der Waals surface area (Å²) in [5.74, 6) is 0.941. The van der Waals surface area contributed by atoms with Crippen LogP contribution in [0.4, 0.5) is 5.69 Å². The third-order valence-electron chi connectivity index (χ3n) is 3.31. The van der Waals surface area contributed by atoms with Gasteiger partial charge < -0.3 is 19.5 Å². The standard InChI is InChI=1S/C17H16Cl3NO4/c1-9(25-16-8-12(19)11(18)7-13(16)20)17(22)21-14-6-10(23-2)4-5-15(14)24-3/h4-9H,1-3H3,(H,21,22)/t9-/m0/s1. The molecule has 2 rings (SSSR count). The van der Waals surface area contributed by atoms with Crippen LogP contribution in [0.5, 0.6) is 17.2 Å². The molecule has 2 aromatic rings. The summed E-state index contributed by atoms with van der Waals surface area (Å²) < 4.78 is 16.0. The van der Waals surface area contributed by atoms with Crippen molar-refractivity contribution in [2.24, 2.45) is 0 Å². The molecule has 25 heavy (non-hydrogen) atoms. The van der Waals surface area contributed by atoms with Crippen molar-refractivity contribution < 1.29 is 19.0 Å². The molecule has 1 N–H and O–H groups in total. The van der Waals surface area contributed by atoms with Gasteiger partial charge in [-0.3, -0.25) is 4.79 Å². The molecule has 0 fully saturated rings. The Labute approximate surface area is 160 Å². The molecule has 0 aliphatic rings. The third kappa shape index (κ3) is 4.84. The molecule has 0 saturated carbocycles. The van der Waals surface area contributed by atoms with Gasteiger partial charge in [0.15, 0.2) is 6.10 Å². The molecule has 134 valence electrons. The summed E-state index contributed by atoms with van der Waals surface area (Å²) in [7, 11) is 3.04. The summed E-state index contributed by atoms with van der Waals surface area (Å²) in [6.45, 7) is 1.58. The molecule has 0 saturated heterocycles. The average molecular weight is 405 g/mol. The fourth-order valence-corrected chi connectivity index (χ4v) is 2.57. The first-order valence-corrected chi connectivity index (χ1v) is 8.33. The SMILES string of the molecule is COc1ccc(OC)c(NC(=O)[C@H](C)Oc2cc(Cl)c(Cl)cc2Cl)c1. The van der Waals surface area contributed by atoms with Crippen molar-refractivity contribution in [1.29, 1.82) is 0 Å². The van der Waals surface area contributed by atoms with E-state index in [1.807, 2.05) is 0 Å². The molecule has 0 aliphatic heterocycles. The highest BCUT2D eigenvalue weighted by Crippen LogP contribution is 2.34. The van der Waals surface area contributed by atoms with Gasteiger partial charge in [0.25, 0.3) is 5.91 Å². The van der Waals surface area contributed by atoms with Crippen molar-refractivity contribution >= 4 is 46.4 Å². The number of halogens is 3. The Balaban J connectivity index is 2.14. The monoisotopic (exact) mass is 403 g/mol. The number of hydrogen-bond acceptors (Lipinski definition) is 4. The van der Waals surface area contributed by atoms with Gasteiger partial charge in [-0.15, -0.1) is 0 Å². The fraction of sp³-hybridized carbons (Fsp3) is 0.235. The predicted octanol–water partition coefficient (Wildman–Crippen LogP) is 5.07. The highest BCUT2D eigenvalue weighted by molar-refractivity contribution is 6.43. The van der Waals surface area contributed by atoms with Crippen LogP contribution < -0.4 is 19.5 Å². The molecular formula is C17H16Cl3NO4. The van der Waals surface area contributed by atoms with Crippen molar-refractivity contribution in [3.05, 3.63) is 45.4 Å². The van der Waals surface area contributed by atoms with Gasteiger partial charge in [-0.2, -0.15) is 0 Å². The maximum absolute atomic E-state index is 12.4. The van der Waals surface area contributed by atoms with Crippen LogP contribution in [0.1, 0.15) is 6.92 Å². The number of nitrogens with one attached hydrogen (secondary N) is 1. The van der Waals surface area contributed by atoms with E-state index in [0.29, 0.717) is 22.2 Å². The second-order valence-corrected chi connectivity index (χ2v) is 6.23. The summed E-state index contributed by atoms with van der Waals surface area (Å²) in [5, 5.41) is 3.57. The molecule has 0 radical (unpaired) electrons. The predicted molar refractivity (Wildman–Crippen MR) is 99.7 cm³/mol. The van der Waals surface area contributed by atoms with Crippen LogP contribution in [0.25, 0.3) is 0 Å². The Morgan fingerprint density at radius 1 is 0.960 bits per heavy atom. The topological polar surface area (TPSA) is 56.8 Å². The Hall–Kier alpha value is -1.82. The maximum atomic E-state index is 12.4. The van der Waals surface area contributed by atoms with E-state index < -0.39 is 12.0 Å². The zero-order valence-electron chi connectivity index (χ0n) is 13.7. The average Bonchev–Trinajstić information content (AvgIpc) is 2.59. The molecule has 5 nitrogen and oxygen atoms in total.